The summed E-state index contributed by atoms with van der Waals surface area (Å²) in [5.74, 6) is -0.124. The number of amides is 2. The number of rotatable bonds is 4. The van der Waals surface area contributed by atoms with E-state index in [0.29, 0.717) is 28.5 Å². The van der Waals surface area contributed by atoms with E-state index < -0.39 is 5.92 Å². The predicted molar refractivity (Wildman–Crippen MR) is 109 cm³/mol. The van der Waals surface area contributed by atoms with Crippen LogP contribution >= 0.6 is 11.6 Å². The van der Waals surface area contributed by atoms with Gasteiger partial charge >= 0.3 is 0 Å². The van der Waals surface area contributed by atoms with E-state index in [0.717, 1.165) is 11.1 Å². The van der Waals surface area contributed by atoms with Gasteiger partial charge in [0.2, 0.25) is 11.8 Å². The van der Waals surface area contributed by atoms with Crippen LogP contribution in [-0.2, 0) is 9.59 Å². The molecule has 2 aromatic carbocycles. The Labute approximate surface area is 167 Å². The Balaban J connectivity index is 1.54. The topological polar surface area (TPSA) is 71.5 Å². The van der Waals surface area contributed by atoms with Gasteiger partial charge in [0, 0.05) is 41.3 Å². The largest absolute Gasteiger partial charge is 0.497 e. The molecule has 4 rings (SSSR count). The summed E-state index contributed by atoms with van der Waals surface area (Å²) in [7, 11) is 1.57. The van der Waals surface area contributed by atoms with E-state index in [9.17, 15) is 9.59 Å². The van der Waals surface area contributed by atoms with Crippen molar-refractivity contribution in [3.8, 4) is 5.75 Å². The van der Waals surface area contributed by atoms with Gasteiger partial charge in [-0.15, -0.1) is 0 Å². The number of anilines is 2. The number of aromatic nitrogens is 1. The molecule has 1 N–H and O–H groups in total. The second-order valence-electron chi connectivity index (χ2n) is 6.62. The fourth-order valence-electron chi connectivity index (χ4n) is 3.40. The Morgan fingerprint density at radius 2 is 2.11 bits per heavy atom. The number of carbonyl (C=O) groups excluding carboxylic acids is 2. The zero-order valence-corrected chi connectivity index (χ0v) is 15.9. The lowest BCUT2D eigenvalue weighted by molar-refractivity contribution is -0.122. The molecule has 142 valence electrons. The molecule has 0 radical (unpaired) electrons. The van der Waals surface area contributed by atoms with Crippen molar-refractivity contribution >= 4 is 45.7 Å². The van der Waals surface area contributed by atoms with E-state index in [2.05, 4.69) is 10.3 Å². The van der Waals surface area contributed by atoms with Crippen LogP contribution in [0.2, 0.25) is 5.02 Å². The second kappa shape index (κ2) is 7.48. The minimum Gasteiger partial charge on any atom is -0.497 e. The third-order valence-electron chi connectivity index (χ3n) is 4.79. The number of ether oxygens (including phenoxy) is 1. The molecule has 0 saturated carbocycles. The second-order valence-corrected chi connectivity index (χ2v) is 7.06. The van der Waals surface area contributed by atoms with Crippen LogP contribution in [0.25, 0.3) is 10.9 Å². The first-order valence-electron chi connectivity index (χ1n) is 8.84. The van der Waals surface area contributed by atoms with E-state index in [1.807, 2.05) is 30.3 Å². The average molecular weight is 396 g/mol. The molecule has 0 aliphatic carbocycles. The number of nitrogens with one attached hydrogen (secondary N) is 1. The van der Waals surface area contributed by atoms with Gasteiger partial charge in [0.1, 0.15) is 5.75 Å². The SMILES string of the molecule is COc1cccc(N2CC(C(=O)Nc3cc(Cl)cc4cccnc34)CC2=O)c1. The number of halogens is 1. The van der Waals surface area contributed by atoms with Crippen molar-refractivity contribution in [3.63, 3.8) is 0 Å². The quantitative estimate of drug-likeness (QED) is 0.727. The van der Waals surface area contributed by atoms with Crippen LogP contribution in [0.3, 0.4) is 0 Å². The first-order valence-corrected chi connectivity index (χ1v) is 9.22. The third-order valence-corrected chi connectivity index (χ3v) is 5.01. The van der Waals surface area contributed by atoms with Gasteiger partial charge in [-0.2, -0.15) is 0 Å². The van der Waals surface area contributed by atoms with Crippen LogP contribution in [0.1, 0.15) is 6.42 Å². The first-order chi connectivity index (χ1) is 13.5. The molecular weight excluding hydrogens is 378 g/mol. The standard InChI is InChI=1S/C21H18ClN3O3/c1-28-17-6-2-5-16(11-17)25-12-14(9-19(25)26)21(27)24-18-10-15(22)8-13-4-3-7-23-20(13)18/h2-8,10-11,14H,9,12H2,1H3,(H,24,27). The summed E-state index contributed by atoms with van der Waals surface area (Å²) in [4.78, 5) is 31.3. The molecule has 1 aromatic heterocycles. The van der Waals surface area contributed by atoms with Crippen LogP contribution in [0.5, 0.6) is 5.75 Å². The lowest BCUT2D eigenvalue weighted by Crippen LogP contribution is -2.28. The molecule has 0 spiro atoms. The van der Waals surface area contributed by atoms with E-state index in [1.165, 1.54) is 0 Å². The van der Waals surface area contributed by atoms with Crippen LogP contribution in [0.4, 0.5) is 11.4 Å². The highest BCUT2D eigenvalue weighted by atomic mass is 35.5. The van der Waals surface area contributed by atoms with Crippen LogP contribution in [0.15, 0.2) is 54.7 Å². The molecular formula is C21H18ClN3O3. The number of fused-ring (bicyclic) bond motifs is 1. The van der Waals surface area contributed by atoms with Gasteiger partial charge in [-0.1, -0.05) is 23.7 Å². The van der Waals surface area contributed by atoms with Crippen molar-refractivity contribution in [2.45, 2.75) is 6.42 Å². The van der Waals surface area contributed by atoms with Crippen molar-refractivity contribution in [1.82, 2.24) is 4.98 Å². The van der Waals surface area contributed by atoms with Crippen molar-refractivity contribution in [3.05, 3.63) is 59.8 Å². The number of hydrogen-bond donors (Lipinski definition) is 1. The molecule has 1 aliphatic rings. The summed E-state index contributed by atoms with van der Waals surface area (Å²) in [5, 5.41) is 4.24. The van der Waals surface area contributed by atoms with Crippen LogP contribution < -0.4 is 15.0 Å². The normalized spacial score (nSPS) is 16.4. The van der Waals surface area contributed by atoms with Crippen LogP contribution in [-0.4, -0.2) is 30.5 Å². The van der Waals surface area contributed by atoms with E-state index in [-0.39, 0.29) is 18.2 Å². The molecule has 0 bridgehead atoms. The molecule has 2 heterocycles. The summed E-state index contributed by atoms with van der Waals surface area (Å²) in [6, 6.07) is 14.4. The van der Waals surface area contributed by atoms with E-state index >= 15 is 0 Å². The summed E-state index contributed by atoms with van der Waals surface area (Å²) in [6.45, 7) is 0.309. The Kier molecular flexibility index (Phi) is 4.88. The third kappa shape index (κ3) is 3.51. The van der Waals surface area contributed by atoms with Gasteiger partial charge in [0.15, 0.2) is 0 Å². The van der Waals surface area contributed by atoms with Gasteiger partial charge in [0.05, 0.1) is 24.2 Å². The molecule has 1 unspecified atom stereocenters. The molecule has 1 atom stereocenters. The minimum absolute atomic E-state index is 0.0949. The number of carbonyl (C=O) groups is 2. The van der Waals surface area contributed by atoms with Gasteiger partial charge < -0.3 is 15.0 Å². The highest BCUT2D eigenvalue weighted by Gasteiger charge is 2.35. The molecule has 6 nitrogen and oxygen atoms in total. The number of benzene rings is 2. The number of pyridine rings is 1. The van der Waals surface area contributed by atoms with E-state index in [1.54, 1.807) is 36.4 Å². The van der Waals surface area contributed by atoms with Crippen molar-refractivity contribution < 1.29 is 14.3 Å². The highest BCUT2D eigenvalue weighted by molar-refractivity contribution is 6.32. The lowest BCUT2D eigenvalue weighted by Gasteiger charge is -2.17. The highest BCUT2D eigenvalue weighted by Crippen LogP contribution is 2.30. The summed E-state index contributed by atoms with van der Waals surface area (Å²) >= 11 is 6.17. The molecule has 2 amide bonds. The molecule has 1 fully saturated rings. The zero-order chi connectivity index (χ0) is 19.7. The van der Waals surface area contributed by atoms with Crippen LogP contribution in [0, 0.1) is 5.92 Å². The maximum absolute atomic E-state index is 12.8. The Morgan fingerprint density at radius 3 is 2.93 bits per heavy atom. The molecule has 28 heavy (non-hydrogen) atoms. The van der Waals surface area contributed by atoms with Gasteiger partial charge in [0.25, 0.3) is 0 Å². The number of methoxy groups -OCH3 is 1. The molecule has 3 aromatic rings. The monoisotopic (exact) mass is 395 g/mol. The fraction of sp³-hybridized carbons (Fsp3) is 0.190. The Morgan fingerprint density at radius 1 is 1.25 bits per heavy atom. The molecule has 1 aliphatic heterocycles. The number of hydrogen-bond acceptors (Lipinski definition) is 4. The molecule has 1 saturated heterocycles. The van der Waals surface area contributed by atoms with Gasteiger partial charge in [-0.25, -0.2) is 0 Å². The maximum atomic E-state index is 12.8. The minimum atomic E-state index is -0.462. The average Bonchev–Trinajstić information content (AvgIpc) is 3.10. The first kappa shape index (κ1) is 18.3. The summed E-state index contributed by atoms with van der Waals surface area (Å²) < 4.78 is 5.22. The van der Waals surface area contributed by atoms with Crippen molar-refractivity contribution in [2.75, 3.05) is 23.9 Å². The maximum Gasteiger partial charge on any atom is 0.229 e. The number of nitrogens with zero attached hydrogens (tertiary/aromatic N) is 2. The molecule has 7 heteroatoms. The van der Waals surface area contributed by atoms with E-state index in [4.69, 9.17) is 16.3 Å². The van der Waals surface area contributed by atoms with Crippen molar-refractivity contribution in [2.24, 2.45) is 5.92 Å². The fourth-order valence-corrected chi connectivity index (χ4v) is 3.62. The Hall–Kier alpha value is -3.12. The smallest absolute Gasteiger partial charge is 0.229 e. The van der Waals surface area contributed by atoms with Gasteiger partial charge in [-0.3, -0.25) is 14.6 Å². The zero-order valence-electron chi connectivity index (χ0n) is 15.2. The Bertz CT molecular complexity index is 1070. The lowest BCUT2D eigenvalue weighted by atomic mass is 10.1. The summed E-state index contributed by atoms with van der Waals surface area (Å²) in [5.41, 5.74) is 1.92. The van der Waals surface area contributed by atoms with Crippen molar-refractivity contribution in [1.29, 1.82) is 0 Å². The van der Waals surface area contributed by atoms with Gasteiger partial charge in [-0.05, 0) is 30.3 Å². The summed E-state index contributed by atoms with van der Waals surface area (Å²) in [6.07, 6.45) is 1.81. The predicted octanol–water partition coefficient (Wildman–Crippen LogP) is 3.89.